The first-order chi connectivity index (χ1) is 10.1. The molecule has 5 nitrogen and oxygen atoms in total. The Morgan fingerprint density at radius 3 is 2.29 bits per heavy atom. The fourth-order valence-electron chi connectivity index (χ4n) is 2.48. The summed E-state index contributed by atoms with van der Waals surface area (Å²) in [7, 11) is 3.44. The number of nitrogens with zero attached hydrogens (tertiary/aromatic N) is 2. The predicted octanol–water partition coefficient (Wildman–Crippen LogP) is 1.81. The standard InChI is InChI=1S/C16H23N3O2/c1-18(2)16(21)13-6-8-14(9-7-13)17-15(20)12-19-10-4-3-5-11-19/h6-9H,3-5,10-12H2,1-2H3,(H,17,20). The van der Waals surface area contributed by atoms with Crippen LogP contribution in [0.5, 0.6) is 0 Å². The van der Waals surface area contributed by atoms with E-state index in [0.717, 1.165) is 18.8 Å². The van der Waals surface area contributed by atoms with E-state index in [2.05, 4.69) is 10.2 Å². The zero-order valence-electron chi connectivity index (χ0n) is 12.8. The number of likely N-dealkylation sites (tertiary alicyclic amines) is 1. The van der Waals surface area contributed by atoms with Crippen LogP contribution < -0.4 is 5.32 Å². The van der Waals surface area contributed by atoms with Gasteiger partial charge in [0.1, 0.15) is 0 Å². The molecule has 2 rings (SSSR count). The average molecular weight is 289 g/mol. The molecule has 0 spiro atoms. The molecule has 1 aliphatic rings. The van der Waals surface area contributed by atoms with Gasteiger partial charge in [0, 0.05) is 25.3 Å². The number of carbonyl (C=O) groups is 2. The second kappa shape index (κ2) is 7.22. The minimum Gasteiger partial charge on any atom is -0.345 e. The Bertz CT molecular complexity index is 491. The van der Waals surface area contributed by atoms with Crippen LogP contribution in [-0.2, 0) is 4.79 Å². The Morgan fingerprint density at radius 1 is 1.10 bits per heavy atom. The van der Waals surface area contributed by atoms with Crippen molar-refractivity contribution in [3.05, 3.63) is 29.8 Å². The summed E-state index contributed by atoms with van der Waals surface area (Å²) < 4.78 is 0. The summed E-state index contributed by atoms with van der Waals surface area (Å²) in [5.41, 5.74) is 1.35. The number of hydrogen-bond acceptors (Lipinski definition) is 3. The molecule has 114 valence electrons. The lowest BCUT2D eigenvalue weighted by Gasteiger charge is -2.25. The van der Waals surface area contributed by atoms with Gasteiger partial charge in [0.25, 0.3) is 5.91 Å². The van der Waals surface area contributed by atoms with Crippen LogP contribution in [0.1, 0.15) is 29.6 Å². The van der Waals surface area contributed by atoms with Gasteiger partial charge >= 0.3 is 0 Å². The van der Waals surface area contributed by atoms with Crippen molar-refractivity contribution in [1.82, 2.24) is 9.80 Å². The second-order valence-corrected chi connectivity index (χ2v) is 5.66. The molecule has 1 saturated heterocycles. The van der Waals surface area contributed by atoms with Gasteiger partial charge in [-0.1, -0.05) is 6.42 Å². The van der Waals surface area contributed by atoms with E-state index in [1.54, 1.807) is 38.4 Å². The minimum absolute atomic E-state index is 0.00332. The molecule has 2 amide bonds. The summed E-state index contributed by atoms with van der Waals surface area (Å²) in [6.45, 7) is 2.45. The van der Waals surface area contributed by atoms with E-state index in [1.165, 1.54) is 24.2 Å². The second-order valence-electron chi connectivity index (χ2n) is 5.66. The average Bonchev–Trinajstić information content (AvgIpc) is 2.48. The Kier molecular flexibility index (Phi) is 5.33. The lowest BCUT2D eigenvalue weighted by Crippen LogP contribution is -2.36. The fourth-order valence-corrected chi connectivity index (χ4v) is 2.48. The SMILES string of the molecule is CN(C)C(=O)c1ccc(NC(=O)CN2CCCCC2)cc1. The van der Waals surface area contributed by atoms with Gasteiger partial charge < -0.3 is 10.2 Å². The Balaban J connectivity index is 1.87. The van der Waals surface area contributed by atoms with Crippen LogP contribution in [0, 0.1) is 0 Å². The van der Waals surface area contributed by atoms with E-state index in [9.17, 15) is 9.59 Å². The first-order valence-corrected chi connectivity index (χ1v) is 7.40. The molecule has 5 heteroatoms. The molecule has 0 bridgehead atoms. The quantitative estimate of drug-likeness (QED) is 0.920. The summed E-state index contributed by atoms with van der Waals surface area (Å²) in [4.78, 5) is 27.5. The summed E-state index contributed by atoms with van der Waals surface area (Å²) >= 11 is 0. The van der Waals surface area contributed by atoms with Crippen LogP contribution in [0.15, 0.2) is 24.3 Å². The largest absolute Gasteiger partial charge is 0.345 e. The van der Waals surface area contributed by atoms with E-state index in [0.29, 0.717) is 12.1 Å². The van der Waals surface area contributed by atoms with E-state index >= 15 is 0 Å². The van der Waals surface area contributed by atoms with Gasteiger partial charge in [-0.2, -0.15) is 0 Å². The third kappa shape index (κ3) is 4.56. The van der Waals surface area contributed by atoms with Crippen LogP contribution in [0.3, 0.4) is 0 Å². The van der Waals surface area contributed by atoms with E-state index in [4.69, 9.17) is 0 Å². The highest BCUT2D eigenvalue weighted by Crippen LogP contribution is 2.12. The smallest absolute Gasteiger partial charge is 0.253 e. The highest BCUT2D eigenvalue weighted by atomic mass is 16.2. The zero-order chi connectivity index (χ0) is 15.2. The summed E-state index contributed by atoms with van der Waals surface area (Å²) in [5, 5.41) is 2.88. The maximum Gasteiger partial charge on any atom is 0.253 e. The molecule has 0 aliphatic carbocycles. The molecule has 1 N–H and O–H groups in total. The van der Waals surface area contributed by atoms with Crippen molar-refractivity contribution in [2.24, 2.45) is 0 Å². The van der Waals surface area contributed by atoms with Gasteiger partial charge in [-0.15, -0.1) is 0 Å². The first kappa shape index (κ1) is 15.5. The Labute approximate surface area is 125 Å². The molecule has 0 saturated carbocycles. The van der Waals surface area contributed by atoms with Gasteiger partial charge in [0.2, 0.25) is 5.91 Å². The van der Waals surface area contributed by atoms with Crippen molar-refractivity contribution in [3.8, 4) is 0 Å². The van der Waals surface area contributed by atoms with Crippen molar-refractivity contribution in [3.63, 3.8) is 0 Å². The molecule has 1 aliphatic heterocycles. The normalized spacial score (nSPS) is 15.5. The van der Waals surface area contributed by atoms with Crippen molar-refractivity contribution in [2.75, 3.05) is 39.0 Å². The summed E-state index contributed by atoms with van der Waals surface area (Å²) in [6.07, 6.45) is 3.61. The number of benzene rings is 1. The van der Waals surface area contributed by atoms with Crippen molar-refractivity contribution >= 4 is 17.5 Å². The molecular weight excluding hydrogens is 266 g/mol. The number of rotatable bonds is 4. The molecule has 1 aromatic rings. The third-order valence-electron chi connectivity index (χ3n) is 3.64. The van der Waals surface area contributed by atoms with E-state index in [1.807, 2.05) is 0 Å². The molecule has 0 unspecified atom stereocenters. The summed E-state index contributed by atoms with van der Waals surface area (Å²) in [5.74, 6) is -0.0372. The molecule has 21 heavy (non-hydrogen) atoms. The molecular formula is C16H23N3O2. The maximum atomic E-state index is 12.0. The van der Waals surface area contributed by atoms with Crippen LogP contribution in [-0.4, -0.2) is 55.3 Å². The molecule has 0 atom stereocenters. The lowest BCUT2D eigenvalue weighted by molar-refractivity contribution is -0.117. The minimum atomic E-state index is -0.0406. The van der Waals surface area contributed by atoms with Crippen molar-refractivity contribution in [1.29, 1.82) is 0 Å². The number of nitrogens with one attached hydrogen (secondary N) is 1. The number of amides is 2. The zero-order valence-corrected chi connectivity index (χ0v) is 12.8. The molecule has 1 heterocycles. The van der Waals surface area contributed by atoms with Gasteiger partial charge in [-0.05, 0) is 50.2 Å². The first-order valence-electron chi connectivity index (χ1n) is 7.40. The fraction of sp³-hybridized carbons (Fsp3) is 0.500. The molecule has 0 aromatic heterocycles. The maximum absolute atomic E-state index is 12.0. The van der Waals surface area contributed by atoms with Gasteiger partial charge in [0.15, 0.2) is 0 Å². The van der Waals surface area contributed by atoms with E-state index < -0.39 is 0 Å². The highest BCUT2D eigenvalue weighted by molar-refractivity contribution is 5.95. The summed E-state index contributed by atoms with van der Waals surface area (Å²) in [6, 6.07) is 7.01. The van der Waals surface area contributed by atoms with Crippen LogP contribution >= 0.6 is 0 Å². The topological polar surface area (TPSA) is 52.7 Å². The number of piperidine rings is 1. The van der Waals surface area contributed by atoms with E-state index in [-0.39, 0.29) is 11.8 Å². The van der Waals surface area contributed by atoms with Gasteiger partial charge in [0.05, 0.1) is 6.54 Å². The van der Waals surface area contributed by atoms with Crippen molar-refractivity contribution < 1.29 is 9.59 Å². The van der Waals surface area contributed by atoms with Crippen molar-refractivity contribution in [2.45, 2.75) is 19.3 Å². The Hall–Kier alpha value is -1.88. The third-order valence-corrected chi connectivity index (χ3v) is 3.64. The van der Waals surface area contributed by atoms with Gasteiger partial charge in [-0.3, -0.25) is 14.5 Å². The van der Waals surface area contributed by atoms with Crippen LogP contribution in [0.25, 0.3) is 0 Å². The highest BCUT2D eigenvalue weighted by Gasteiger charge is 2.14. The lowest BCUT2D eigenvalue weighted by atomic mass is 10.1. The number of carbonyl (C=O) groups excluding carboxylic acids is 2. The number of anilines is 1. The monoisotopic (exact) mass is 289 g/mol. The molecule has 0 radical (unpaired) electrons. The van der Waals surface area contributed by atoms with Crippen LogP contribution in [0.4, 0.5) is 5.69 Å². The molecule has 1 fully saturated rings. The Morgan fingerprint density at radius 2 is 1.71 bits per heavy atom. The molecule has 1 aromatic carbocycles. The predicted molar refractivity (Wildman–Crippen MR) is 83.4 cm³/mol. The van der Waals surface area contributed by atoms with Gasteiger partial charge in [-0.25, -0.2) is 0 Å². The van der Waals surface area contributed by atoms with Crippen LogP contribution in [0.2, 0.25) is 0 Å². The number of hydrogen-bond donors (Lipinski definition) is 1.